The molecule has 2 unspecified atom stereocenters. The molecule has 1 aromatic rings. The van der Waals surface area contributed by atoms with E-state index in [9.17, 15) is 5.11 Å². The van der Waals surface area contributed by atoms with Crippen LogP contribution in [0.15, 0.2) is 18.2 Å². The Bertz CT molecular complexity index is 378. The smallest absolute Gasteiger partial charge is 0.0478 e. The first-order valence-electron chi connectivity index (χ1n) is 6.44. The van der Waals surface area contributed by atoms with E-state index in [-0.39, 0.29) is 6.61 Å². The fourth-order valence-corrected chi connectivity index (χ4v) is 2.56. The van der Waals surface area contributed by atoms with Crippen molar-refractivity contribution < 1.29 is 5.11 Å². The molecule has 4 N–H and O–H groups in total. The van der Waals surface area contributed by atoms with Crippen LogP contribution in [0.5, 0.6) is 0 Å². The first-order valence-corrected chi connectivity index (χ1v) is 6.44. The summed E-state index contributed by atoms with van der Waals surface area (Å²) >= 11 is 0. The van der Waals surface area contributed by atoms with Gasteiger partial charge in [-0.25, -0.2) is 0 Å². The Morgan fingerprint density at radius 2 is 2.12 bits per heavy atom. The second-order valence-electron chi connectivity index (χ2n) is 5.05. The fourth-order valence-electron chi connectivity index (χ4n) is 2.56. The van der Waals surface area contributed by atoms with Gasteiger partial charge in [-0.1, -0.05) is 18.9 Å². The Morgan fingerprint density at radius 1 is 1.35 bits per heavy atom. The normalized spacial score (nSPS) is 24.6. The van der Waals surface area contributed by atoms with E-state index in [2.05, 4.69) is 11.4 Å². The van der Waals surface area contributed by atoms with Gasteiger partial charge in [-0.2, -0.15) is 0 Å². The van der Waals surface area contributed by atoms with Gasteiger partial charge < -0.3 is 16.2 Å². The van der Waals surface area contributed by atoms with E-state index < -0.39 is 0 Å². The van der Waals surface area contributed by atoms with Crippen molar-refractivity contribution in [3.05, 3.63) is 23.8 Å². The molecule has 1 aromatic carbocycles. The minimum Gasteiger partial charge on any atom is -0.398 e. The minimum atomic E-state index is 0.277. The molecule has 2 rings (SSSR count). The number of aliphatic hydroxyl groups excluding tert-OH is 1. The molecule has 3 nitrogen and oxygen atoms in total. The van der Waals surface area contributed by atoms with E-state index in [0.717, 1.165) is 29.8 Å². The zero-order chi connectivity index (χ0) is 12.3. The second-order valence-corrected chi connectivity index (χ2v) is 5.05. The summed E-state index contributed by atoms with van der Waals surface area (Å²) in [6, 6.07) is 6.47. The van der Waals surface area contributed by atoms with Crippen LogP contribution in [-0.2, 0) is 0 Å². The highest BCUT2D eigenvalue weighted by Gasteiger charge is 2.24. The predicted octanol–water partition coefficient (Wildman–Crippen LogP) is 2.54. The molecule has 0 bridgehead atoms. The summed E-state index contributed by atoms with van der Waals surface area (Å²) in [5.41, 5.74) is 8.91. The van der Waals surface area contributed by atoms with Crippen LogP contribution in [0.25, 0.3) is 0 Å². The van der Waals surface area contributed by atoms with Gasteiger partial charge in [0.2, 0.25) is 0 Å². The average molecular weight is 234 g/mol. The highest BCUT2D eigenvalue weighted by atomic mass is 16.3. The summed E-state index contributed by atoms with van der Waals surface area (Å²) in [5, 5.41) is 12.9. The number of aryl methyl sites for hydroxylation is 1. The number of hydrogen-bond acceptors (Lipinski definition) is 3. The van der Waals surface area contributed by atoms with Gasteiger partial charge in [0.15, 0.2) is 0 Å². The molecule has 1 saturated carbocycles. The van der Waals surface area contributed by atoms with Crippen LogP contribution in [-0.4, -0.2) is 17.8 Å². The SMILES string of the molecule is Cc1ccc(NC2CCCCC2CO)cc1N. The van der Waals surface area contributed by atoms with Crippen LogP contribution in [0.4, 0.5) is 11.4 Å². The van der Waals surface area contributed by atoms with Gasteiger partial charge in [0, 0.05) is 29.9 Å². The van der Waals surface area contributed by atoms with E-state index in [4.69, 9.17) is 5.73 Å². The Kier molecular flexibility index (Phi) is 3.89. The lowest BCUT2D eigenvalue weighted by Gasteiger charge is -2.31. The minimum absolute atomic E-state index is 0.277. The number of benzene rings is 1. The van der Waals surface area contributed by atoms with E-state index in [1.54, 1.807) is 0 Å². The summed E-state index contributed by atoms with van der Waals surface area (Å²) in [7, 11) is 0. The lowest BCUT2D eigenvalue weighted by molar-refractivity contribution is 0.178. The molecule has 0 aromatic heterocycles. The van der Waals surface area contributed by atoms with Crippen molar-refractivity contribution in [1.29, 1.82) is 0 Å². The molecule has 0 aliphatic heterocycles. The third-order valence-corrected chi connectivity index (χ3v) is 3.77. The quantitative estimate of drug-likeness (QED) is 0.704. The lowest BCUT2D eigenvalue weighted by Crippen LogP contribution is -2.34. The first kappa shape index (κ1) is 12.2. The highest BCUT2D eigenvalue weighted by Crippen LogP contribution is 2.28. The number of nitrogens with two attached hydrogens (primary N) is 1. The van der Waals surface area contributed by atoms with E-state index >= 15 is 0 Å². The Morgan fingerprint density at radius 3 is 2.82 bits per heavy atom. The molecule has 0 spiro atoms. The van der Waals surface area contributed by atoms with Crippen LogP contribution in [0.3, 0.4) is 0 Å². The maximum atomic E-state index is 9.37. The van der Waals surface area contributed by atoms with Gasteiger partial charge in [0.25, 0.3) is 0 Å². The number of nitrogen functional groups attached to an aromatic ring is 1. The summed E-state index contributed by atoms with van der Waals surface area (Å²) in [5.74, 6) is 0.381. The lowest BCUT2D eigenvalue weighted by atomic mass is 9.85. The van der Waals surface area contributed by atoms with Crippen molar-refractivity contribution in [3.8, 4) is 0 Å². The standard InChI is InChI=1S/C14H22N2O/c1-10-6-7-12(8-13(10)15)16-14-5-3-2-4-11(14)9-17/h6-8,11,14,16-17H,2-5,9,15H2,1H3. The third-order valence-electron chi connectivity index (χ3n) is 3.77. The molecule has 0 heterocycles. The Labute approximate surface area is 103 Å². The largest absolute Gasteiger partial charge is 0.398 e. The van der Waals surface area contributed by atoms with Crippen molar-refractivity contribution in [2.45, 2.75) is 38.6 Å². The summed E-state index contributed by atoms with van der Waals surface area (Å²) in [6.07, 6.45) is 4.74. The summed E-state index contributed by atoms with van der Waals surface area (Å²) in [6.45, 7) is 2.29. The molecule has 1 aliphatic carbocycles. The van der Waals surface area contributed by atoms with Gasteiger partial charge in [-0.15, -0.1) is 0 Å². The van der Waals surface area contributed by atoms with E-state index in [1.165, 1.54) is 12.8 Å². The van der Waals surface area contributed by atoms with Gasteiger partial charge in [0.1, 0.15) is 0 Å². The topological polar surface area (TPSA) is 58.3 Å². The maximum Gasteiger partial charge on any atom is 0.0478 e. The molecule has 1 aliphatic rings. The molecule has 3 heteroatoms. The molecule has 0 radical (unpaired) electrons. The number of hydrogen-bond donors (Lipinski definition) is 3. The molecule has 1 fully saturated rings. The number of aliphatic hydroxyl groups is 1. The van der Waals surface area contributed by atoms with Crippen molar-refractivity contribution in [2.24, 2.45) is 5.92 Å². The van der Waals surface area contributed by atoms with Crippen LogP contribution < -0.4 is 11.1 Å². The zero-order valence-corrected chi connectivity index (χ0v) is 10.4. The average Bonchev–Trinajstić information content (AvgIpc) is 2.34. The van der Waals surface area contributed by atoms with Crippen LogP contribution in [0.2, 0.25) is 0 Å². The molecule has 94 valence electrons. The summed E-state index contributed by atoms with van der Waals surface area (Å²) < 4.78 is 0. The maximum absolute atomic E-state index is 9.37. The molecular formula is C14H22N2O. The highest BCUT2D eigenvalue weighted by molar-refractivity contribution is 5.58. The van der Waals surface area contributed by atoms with E-state index in [0.29, 0.717) is 12.0 Å². The van der Waals surface area contributed by atoms with Crippen LogP contribution >= 0.6 is 0 Å². The van der Waals surface area contributed by atoms with Gasteiger partial charge in [-0.05, 0) is 37.5 Å². The van der Waals surface area contributed by atoms with Crippen molar-refractivity contribution in [3.63, 3.8) is 0 Å². The van der Waals surface area contributed by atoms with Crippen molar-refractivity contribution >= 4 is 11.4 Å². The van der Waals surface area contributed by atoms with Crippen molar-refractivity contribution in [2.75, 3.05) is 17.7 Å². The van der Waals surface area contributed by atoms with Crippen LogP contribution in [0, 0.1) is 12.8 Å². The van der Waals surface area contributed by atoms with Crippen molar-refractivity contribution in [1.82, 2.24) is 0 Å². The Hall–Kier alpha value is -1.22. The molecule has 2 atom stereocenters. The molecule has 0 amide bonds. The monoisotopic (exact) mass is 234 g/mol. The first-order chi connectivity index (χ1) is 8.20. The Balaban J connectivity index is 2.05. The van der Waals surface area contributed by atoms with Crippen LogP contribution in [0.1, 0.15) is 31.2 Å². The third kappa shape index (κ3) is 2.91. The van der Waals surface area contributed by atoms with Gasteiger partial charge in [-0.3, -0.25) is 0 Å². The molecular weight excluding hydrogens is 212 g/mol. The molecule has 0 saturated heterocycles. The zero-order valence-electron chi connectivity index (χ0n) is 10.4. The van der Waals surface area contributed by atoms with E-state index in [1.807, 2.05) is 19.1 Å². The van der Waals surface area contributed by atoms with Gasteiger partial charge >= 0.3 is 0 Å². The predicted molar refractivity (Wildman–Crippen MR) is 72.0 cm³/mol. The number of nitrogens with one attached hydrogen (secondary N) is 1. The second kappa shape index (κ2) is 5.41. The van der Waals surface area contributed by atoms with Gasteiger partial charge in [0.05, 0.1) is 0 Å². The fraction of sp³-hybridized carbons (Fsp3) is 0.571. The number of rotatable bonds is 3. The molecule has 17 heavy (non-hydrogen) atoms. The summed E-state index contributed by atoms with van der Waals surface area (Å²) in [4.78, 5) is 0. The number of anilines is 2.